The summed E-state index contributed by atoms with van der Waals surface area (Å²) >= 11 is 5.89. The molecule has 0 unspecified atom stereocenters. The maximum absolute atomic E-state index is 12.0. The summed E-state index contributed by atoms with van der Waals surface area (Å²) in [5.74, 6) is 0.670. The van der Waals surface area contributed by atoms with Crippen LogP contribution in [0, 0.1) is 5.92 Å². The van der Waals surface area contributed by atoms with Crippen LogP contribution < -0.4 is 10.5 Å². The van der Waals surface area contributed by atoms with Gasteiger partial charge in [0.25, 0.3) is 0 Å². The number of hydrogen-bond donors (Lipinski definition) is 2. The van der Waals surface area contributed by atoms with Crippen LogP contribution in [0.3, 0.4) is 0 Å². The molecule has 3 N–H and O–H groups in total. The molecule has 0 atom stereocenters. The van der Waals surface area contributed by atoms with Crippen molar-refractivity contribution in [1.82, 2.24) is 4.72 Å². The lowest BCUT2D eigenvalue weighted by Gasteiger charge is -2.25. The molecular formula is C12H17ClN2O2S. The smallest absolute Gasteiger partial charge is 0.242 e. The molecule has 0 heterocycles. The van der Waals surface area contributed by atoms with Crippen molar-refractivity contribution in [2.45, 2.75) is 30.6 Å². The summed E-state index contributed by atoms with van der Waals surface area (Å²) in [6.45, 7) is 0.456. The molecule has 2 rings (SSSR count). The van der Waals surface area contributed by atoms with Gasteiger partial charge in [-0.3, -0.25) is 0 Å². The van der Waals surface area contributed by atoms with Gasteiger partial charge in [0.2, 0.25) is 10.0 Å². The standard InChI is InChI=1S/C12H17ClN2O2S/c13-11-5-4-10(14)8-12(11)18(16,17)15-7-6-9-2-1-3-9/h4-5,8-9,15H,1-3,6-7,14H2. The van der Waals surface area contributed by atoms with Gasteiger partial charge in [-0.05, 0) is 30.5 Å². The number of nitrogens with two attached hydrogens (primary N) is 1. The molecule has 0 radical (unpaired) electrons. The third kappa shape index (κ3) is 3.16. The first kappa shape index (κ1) is 13.6. The van der Waals surface area contributed by atoms with Crippen LogP contribution in [0.2, 0.25) is 5.02 Å². The first-order valence-electron chi connectivity index (χ1n) is 6.04. The molecule has 1 fully saturated rings. The Hall–Kier alpha value is -0.780. The Morgan fingerprint density at radius 3 is 2.72 bits per heavy atom. The first-order valence-corrected chi connectivity index (χ1v) is 7.90. The Bertz CT molecular complexity index is 527. The van der Waals surface area contributed by atoms with Crippen LogP contribution in [-0.2, 0) is 10.0 Å². The summed E-state index contributed by atoms with van der Waals surface area (Å²) in [6.07, 6.45) is 4.57. The van der Waals surface area contributed by atoms with E-state index in [1.54, 1.807) is 6.07 Å². The van der Waals surface area contributed by atoms with E-state index in [1.807, 2.05) is 0 Å². The number of rotatable bonds is 5. The van der Waals surface area contributed by atoms with Crippen molar-refractivity contribution in [3.05, 3.63) is 23.2 Å². The minimum atomic E-state index is -3.56. The van der Waals surface area contributed by atoms with Crippen LogP contribution in [0.5, 0.6) is 0 Å². The van der Waals surface area contributed by atoms with E-state index in [-0.39, 0.29) is 9.92 Å². The molecule has 0 aromatic heterocycles. The summed E-state index contributed by atoms with van der Waals surface area (Å²) in [6, 6.07) is 4.46. The molecule has 0 amide bonds. The summed E-state index contributed by atoms with van der Waals surface area (Å²) in [4.78, 5) is 0.0535. The van der Waals surface area contributed by atoms with Gasteiger partial charge in [-0.25, -0.2) is 13.1 Å². The van der Waals surface area contributed by atoms with Gasteiger partial charge in [0.15, 0.2) is 0 Å². The first-order chi connectivity index (χ1) is 8.49. The van der Waals surface area contributed by atoms with Crippen LogP contribution in [0.1, 0.15) is 25.7 Å². The molecule has 0 spiro atoms. The topological polar surface area (TPSA) is 72.2 Å². The van der Waals surface area contributed by atoms with E-state index in [0.29, 0.717) is 18.2 Å². The van der Waals surface area contributed by atoms with Crippen LogP contribution >= 0.6 is 11.6 Å². The average molecular weight is 289 g/mol. The van der Waals surface area contributed by atoms with Crippen molar-refractivity contribution >= 4 is 27.3 Å². The monoisotopic (exact) mass is 288 g/mol. The number of nitrogens with one attached hydrogen (secondary N) is 1. The Kier molecular flexibility index (Phi) is 4.14. The molecular weight excluding hydrogens is 272 g/mol. The van der Waals surface area contributed by atoms with Crippen molar-refractivity contribution < 1.29 is 8.42 Å². The summed E-state index contributed by atoms with van der Waals surface area (Å²) < 4.78 is 26.7. The van der Waals surface area contributed by atoms with Gasteiger partial charge < -0.3 is 5.73 Å². The second-order valence-electron chi connectivity index (χ2n) is 4.67. The van der Waals surface area contributed by atoms with Gasteiger partial charge in [-0.15, -0.1) is 0 Å². The predicted molar refractivity (Wildman–Crippen MR) is 73.0 cm³/mol. The largest absolute Gasteiger partial charge is 0.399 e. The van der Waals surface area contributed by atoms with Crippen molar-refractivity contribution in [1.29, 1.82) is 0 Å². The highest BCUT2D eigenvalue weighted by Crippen LogP contribution is 2.29. The van der Waals surface area contributed by atoms with E-state index in [0.717, 1.165) is 6.42 Å². The van der Waals surface area contributed by atoms with E-state index in [1.165, 1.54) is 31.4 Å². The highest BCUT2D eigenvalue weighted by Gasteiger charge is 2.20. The molecule has 1 aliphatic carbocycles. The van der Waals surface area contributed by atoms with Gasteiger partial charge >= 0.3 is 0 Å². The molecule has 18 heavy (non-hydrogen) atoms. The third-order valence-corrected chi connectivity index (χ3v) is 5.26. The van der Waals surface area contributed by atoms with Gasteiger partial charge in [-0.2, -0.15) is 0 Å². The second-order valence-corrected chi connectivity index (χ2v) is 6.82. The van der Waals surface area contributed by atoms with Crippen molar-refractivity contribution in [2.24, 2.45) is 5.92 Å². The maximum Gasteiger partial charge on any atom is 0.242 e. The molecule has 1 aliphatic rings. The number of benzene rings is 1. The molecule has 1 aromatic carbocycles. The van der Waals surface area contributed by atoms with Gasteiger partial charge in [0.05, 0.1) is 5.02 Å². The Morgan fingerprint density at radius 1 is 1.39 bits per heavy atom. The van der Waals surface area contributed by atoms with Crippen LogP contribution in [-0.4, -0.2) is 15.0 Å². The number of hydrogen-bond acceptors (Lipinski definition) is 3. The molecule has 0 bridgehead atoms. The summed E-state index contributed by atoms with van der Waals surface area (Å²) in [5, 5.41) is 0.195. The highest BCUT2D eigenvalue weighted by atomic mass is 35.5. The second kappa shape index (κ2) is 5.47. The Morgan fingerprint density at radius 2 is 2.11 bits per heavy atom. The molecule has 1 aromatic rings. The van der Waals surface area contributed by atoms with Gasteiger partial charge in [0, 0.05) is 12.2 Å². The maximum atomic E-state index is 12.0. The van der Waals surface area contributed by atoms with E-state index in [2.05, 4.69) is 4.72 Å². The minimum absolute atomic E-state index is 0.0535. The summed E-state index contributed by atoms with van der Waals surface area (Å²) in [5.41, 5.74) is 5.97. The SMILES string of the molecule is Nc1ccc(Cl)c(S(=O)(=O)NCCC2CCC2)c1. The van der Waals surface area contributed by atoms with Gasteiger partial charge in [-0.1, -0.05) is 30.9 Å². The third-order valence-electron chi connectivity index (χ3n) is 3.31. The van der Waals surface area contributed by atoms with Gasteiger partial charge in [0.1, 0.15) is 4.90 Å². The van der Waals surface area contributed by atoms with Crippen LogP contribution in [0.4, 0.5) is 5.69 Å². The fraction of sp³-hybridized carbons (Fsp3) is 0.500. The minimum Gasteiger partial charge on any atom is -0.399 e. The Balaban J connectivity index is 2.02. The normalized spacial score (nSPS) is 16.5. The van der Waals surface area contributed by atoms with Crippen LogP contribution in [0.25, 0.3) is 0 Å². The highest BCUT2D eigenvalue weighted by molar-refractivity contribution is 7.89. The van der Waals surface area contributed by atoms with Crippen molar-refractivity contribution in [3.63, 3.8) is 0 Å². The fourth-order valence-electron chi connectivity index (χ4n) is 1.98. The molecule has 6 heteroatoms. The number of sulfonamides is 1. The molecule has 0 aliphatic heterocycles. The van der Waals surface area contributed by atoms with E-state index in [4.69, 9.17) is 17.3 Å². The number of nitrogen functional groups attached to an aromatic ring is 1. The quantitative estimate of drug-likeness (QED) is 0.817. The summed E-state index contributed by atoms with van der Waals surface area (Å²) in [7, 11) is -3.56. The van der Waals surface area contributed by atoms with E-state index in [9.17, 15) is 8.42 Å². The average Bonchev–Trinajstić information content (AvgIpc) is 2.25. The lowest BCUT2D eigenvalue weighted by atomic mass is 9.83. The van der Waals surface area contributed by atoms with E-state index < -0.39 is 10.0 Å². The Labute approximate surface area is 113 Å². The van der Waals surface area contributed by atoms with Crippen molar-refractivity contribution in [3.8, 4) is 0 Å². The molecule has 1 saturated carbocycles. The zero-order chi connectivity index (χ0) is 13.2. The lowest BCUT2D eigenvalue weighted by molar-refractivity contribution is 0.297. The molecule has 4 nitrogen and oxygen atoms in total. The number of halogens is 1. The van der Waals surface area contributed by atoms with Crippen molar-refractivity contribution in [2.75, 3.05) is 12.3 Å². The molecule has 0 saturated heterocycles. The van der Waals surface area contributed by atoms with E-state index >= 15 is 0 Å². The molecule has 100 valence electrons. The zero-order valence-corrected chi connectivity index (χ0v) is 11.6. The fourth-order valence-corrected chi connectivity index (χ4v) is 3.56. The zero-order valence-electron chi connectivity index (χ0n) is 10.0. The predicted octanol–water partition coefficient (Wildman–Crippen LogP) is 2.39. The van der Waals surface area contributed by atoms with Crippen LogP contribution in [0.15, 0.2) is 23.1 Å². The number of anilines is 1. The lowest BCUT2D eigenvalue weighted by Crippen LogP contribution is -2.27.